The zero-order valence-corrected chi connectivity index (χ0v) is 10.1. The second kappa shape index (κ2) is 4.21. The predicted octanol–water partition coefficient (Wildman–Crippen LogP) is 2.90. The number of rotatable bonds is 1. The quantitative estimate of drug-likeness (QED) is 0.701. The highest BCUT2D eigenvalue weighted by Gasteiger charge is 2.43. The average Bonchev–Trinajstić information content (AvgIpc) is 2.82. The van der Waals surface area contributed by atoms with Gasteiger partial charge >= 0.3 is 5.97 Å². The molecule has 0 amide bonds. The number of fused-ring (bicyclic) bond motifs is 2. The topological polar surface area (TPSA) is 39.4 Å². The van der Waals surface area contributed by atoms with Crippen LogP contribution in [0.2, 0.25) is 0 Å². The minimum Gasteiger partial charge on any atom is -0.469 e. The summed E-state index contributed by atoms with van der Waals surface area (Å²) in [5.74, 6) is 1.88. The summed E-state index contributed by atoms with van der Waals surface area (Å²) >= 11 is 0. The van der Waals surface area contributed by atoms with Crippen LogP contribution in [0.5, 0.6) is 0 Å². The Morgan fingerprint density at radius 1 is 1.41 bits per heavy atom. The van der Waals surface area contributed by atoms with E-state index in [9.17, 15) is 4.79 Å². The number of carbonyl (C=O) groups is 1. The van der Waals surface area contributed by atoms with E-state index in [4.69, 9.17) is 9.15 Å². The molecule has 3 nitrogen and oxygen atoms in total. The lowest BCUT2D eigenvalue weighted by Crippen LogP contribution is -2.36. The first-order chi connectivity index (χ1) is 8.31. The molecule has 1 aromatic heterocycles. The number of methoxy groups -OCH3 is 1. The number of furan rings is 1. The lowest BCUT2D eigenvalue weighted by Gasteiger charge is -2.39. The van der Waals surface area contributed by atoms with Gasteiger partial charge in [0.2, 0.25) is 0 Å². The maximum atomic E-state index is 12.0. The fourth-order valence-electron chi connectivity index (χ4n) is 3.62. The molecule has 1 aromatic rings. The van der Waals surface area contributed by atoms with Gasteiger partial charge in [0.05, 0.1) is 19.3 Å². The Kier molecular flexibility index (Phi) is 2.69. The highest BCUT2D eigenvalue weighted by molar-refractivity contribution is 5.79. The lowest BCUT2D eigenvalue weighted by molar-refractivity contribution is -0.145. The van der Waals surface area contributed by atoms with E-state index in [0.717, 1.165) is 24.2 Å². The molecule has 3 heteroatoms. The minimum absolute atomic E-state index is 0.0900. The summed E-state index contributed by atoms with van der Waals surface area (Å²) in [6.07, 6.45) is 7.60. The monoisotopic (exact) mass is 234 g/mol. The predicted molar refractivity (Wildman–Crippen MR) is 62.6 cm³/mol. The average molecular weight is 234 g/mol. The van der Waals surface area contributed by atoms with Gasteiger partial charge in [0.15, 0.2) is 0 Å². The third kappa shape index (κ3) is 1.68. The molecular formula is C14H18O3. The smallest absolute Gasteiger partial charge is 0.313 e. The number of hydrogen-bond donors (Lipinski definition) is 0. The van der Waals surface area contributed by atoms with Gasteiger partial charge in [0.25, 0.3) is 0 Å². The Bertz CT molecular complexity index is 421. The molecule has 0 spiro atoms. The van der Waals surface area contributed by atoms with E-state index in [-0.39, 0.29) is 11.9 Å². The van der Waals surface area contributed by atoms with Crippen molar-refractivity contribution in [3.05, 3.63) is 23.7 Å². The highest BCUT2D eigenvalue weighted by Crippen LogP contribution is 2.47. The van der Waals surface area contributed by atoms with E-state index in [0.29, 0.717) is 11.8 Å². The van der Waals surface area contributed by atoms with Crippen molar-refractivity contribution in [2.24, 2.45) is 11.8 Å². The second-order valence-corrected chi connectivity index (χ2v) is 5.21. The van der Waals surface area contributed by atoms with Crippen LogP contribution in [0, 0.1) is 11.8 Å². The Morgan fingerprint density at radius 3 is 3.06 bits per heavy atom. The molecule has 0 unspecified atom stereocenters. The van der Waals surface area contributed by atoms with Gasteiger partial charge in [-0.25, -0.2) is 0 Å². The van der Waals surface area contributed by atoms with Crippen molar-refractivity contribution in [3.8, 4) is 0 Å². The van der Waals surface area contributed by atoms with Crippen LogP contribution in [0.1, 0.15) is 42.9 Å². The number of ether oxygens (including phenoxy) is 1. The fourth-order valence-corrected chi connectivity index (χ4v) is 3.62. The largest absolute Gasteiger partial charge is 0.469 e. The van der Waals surface area contributed by atoms with E-state index in [1.807, 2.05) is 6.07 Å². The maximum Gasteiger partial charge on any atom is 0.313 e. The van der Waals surface area contributed by atoms with E-state index in [1.54, 1.807) is 6.26 Å². The first-order valence-corrected chi connectivity index (χ1v) is 6.45. The normalized spacial score (nSPS) is 31.5. The molecule has 1 heterocycles. The third-order valence-electron chi connectivity index (χ3n) is 4.41. The first-order valence-electron chi connectivity index (χ1n) is 6.45. The van der Waals surface area contributed by atoms with Gasteiger partial charge in [-0.3, -0.25) is 4.79 Å². The molecule has 92 valence electrons. The zero-order valence-electron chi connectivity index (χ0n) is 10.1. The van der Waals surface area contributed by atoms with Crippen molar-refractivity contribution in [1.82, 2.24) is 0 Å². The molecule has 0 radical (unpaired) electrons. The minimum atomic E-state index is -0.0933. The van der Waals surface area contributed by atoms with Crippen molar-refractivity contribution in [2.75, 3.05) is 7.11 Å². The Balaban J connectivity index is 2.00. The summed E-state index contributed by atoms with van der Waals surface area (Å²) in [7, 11) is 1.48. The molecular weight excluding hydrogens is 216 g/mol. The van der Waals surface area contributed by atoms with Crippen LogP contribution in [0.4, 0.5) is 0 Å². The Morgan fingerprint density at radius 2 is 2.24 bits per heavy atom. The molecule has 0 aliphatic heterocycles. The molecule has 3 rings (SSSR count). The molecule has 0 bridgehead atoms. The van der Waals surface area contributed by atoms with Crippen LogP contribution < -0.4 is 0 Å². The molecule has 3 atom stereocenters. The maximum absolute atomic E-state index is 12.0. The van der Waals surface area contributed by atoms with Crippen LogP contribution >= 0.6 is 0 Å². The summed E-state index contributed by atoms with van der Waals surface area (Å²) < 4.78 is 10.5. The van der Waals surface area contributed by atoms with Gasteiger partial charge in [-0.05, 0) is 30.7 Å². The van der Waals surface area contributed by atoms with Gasteiger partial charge in [0.1, 0.15) is 5.76 Å². The molecule has 0 N–H and O–H groups in total. The van der Waals surface area contributed by atoms with Crippen molar-refractivity contribution in [2.45, 2.75) is 38.0 Å². The Labute approximate surface area is 101 Å². The van der Waals surface area contributed by atoms with E-state index < -0.39 is 0 Å². The van der Waals surface area contributed by atoms with Gasteiger partial charge in [0, 0.05) is 12.0 Å². The summed E-state index contributed by atoms with van der Waals surface area (Å²) in [6.45, 7) is 0. The van der Waals surface area contributed by atoms with Crippen molar-refractivity contribution in [1.29, 1.82) is 0 Å². The third-order valence-corrected chi connectivity index (χ3v) is 4.41. The van der Waals surface area contributed by atoms with E-state index in [1.165, 1.54) is 26.4 Å². The molecule has 0 aromatic carbocycles. The van der Waals surface area contributed by atoms with Crippen LogP contribution in [0.15, 0.2) is 16.7 Å². The summed E-state index contributed by atoms with van der Waals surface area (Å²) in [4.78, 5) is 12.0. The van der Waals surface area contributed by atoms with Gasteiger partial charge in [-0.2, -0.15) is 0 Å². The summed E-state index contributed by atoms with van der Waals surface area (Å²) in [6, 6.07) is 1.95. The van der Waals surface area contributed by atoms with E-state index in [2.05, 4.69) is 0 Å². The molecule has 0 saturated heterocycles. The number of hydrogen-bond acceptors (Lipinski definition) is 3. The van der Waals surface area contributed by atoms with Crippen LogP contribution in [0.25, 0.3) is 0 Å². The lowest BCUT2D eigenvalue weighted by atomic mass is 9.65. The molecule has 2 aliphatic carbocycles. The van der Waals surface area contributed by atoms with Crippen molar-refractivity contribution < 1.29 is 13.9 Å². The highest BCUT2D eigenvalue weighted by atomic mass is 16.5. The Hall–Kier alpha value is -1.25. The first kappa shape index (κ1) is 10.9. The summed E-state index contributed by atoms with van der Waals surface area (Å²) in [5.41, 5.74) is 1.07. The SMILES string of the molecule is COC(=O)[C@@H]1c2ccoc2C[C@@H]2CCCC[C@H]21. The standard InChI is InChI=1S/C14H18O3/c1-16-14(15)13-10-5-3-2-4-9(10)8-12-11(13)6-7-17-12/h6-7,9-10,13H,2-5,8H2,1H3/t9-,10+,13-/m0/s1. The summed E-state index contributed by atoms with van der Waals surface area (Å²) in [5, 5.41) is 0. The van der Waals surface area contributed by atoms with Crippen molar-refractivity contribution in [3.63, 3.8) is 0 Å². The van der Waals surface area contributed by atoms with Gasteiger partial charge in [-0.15, -0.1) is 0 Å². The van der Waals surface area contributed by atoms with Crippen molar-refractivity contribution >= 4 is 5.97 Å². The molecule has 2 aliphatic rings. The van der Waals surface area contributed by atoms with Crippen LogP contribution in [0.3, 0.4) is 0 Å². The zero-order chi connectivity index (χ0) is 11.8. The second-order valence-electron chi connectivity index (χ2n) is 5.21. The molecule has 1 saturated carbocycles. The number of esters is 1. The molecule has 17 heavy (non-hydrogen) atoms. The van der Waals surface area contributed by atoms with Crippen LogP contribution in [-0.4, -0.2) is 13.1 Å². The van der Waals surface area contributed by atoms with Gasteiger partial charge in [-0.1, -0.05) is 12.8 Å². The number of carbonyl (C=O) groups excluding carboxylic acids is 1. The van der Waals surface area contributed by atoms with Gasteiger partial charge < -0.3 is 9.15 Å². The van der Waals surface area contributed by atoms with Crippen LogP contribution in [-0.2, 0) is 16.0 Å². The van der Waals surface area contributed by atoms with E-state index >= 15 is 0 Å². The molecule has 1 fully saturated rings. The fraction of sp³-hybridized carbons (Fsp3) is 0.643.